The fourth-order valence-corrected chi connectivity index (χ4v) is 2.86. The molecule has 2 N–H and O–H groups in total. The monoisotopic (exact) mass is 302 g/mol. The standard InChI is InChI=1S/C15H21F3N2O/c1-2-13(12-5-3-4-6-14(12)21)19-11-7-8-20(9-11)10-15(16,17)18/h3-6,11,13,19,21H,2,7-10H2,1H3. The number of hydrogen-bond donors (Lipinski definition) is 2. The average Bonchev–Trinajstić information content (AvgIpc) is 2.82. The van der Waals surface area contributed by atoms with Crippen molar-refractivity contribution in [3.8, 4) is 5.75 Å². The predicted octanol–water partition coefficient (Wildman–Crippen LogP) is 3.07. The second-order valence-corrected chi connectivity index (χ2v) is 5.52. The summed E-state index contributed by atoms with van der Waals surface area (Å²) < 4.78 is 37.2. The quantitative estimate of drug-likeness (QED) is 0.877. The first-order chi connectivity index (χ1) is 9.89. The molecule has 0 bridgehead atoms. The van der Waals surface area contributed by atoms with Crippen molar-refractivity contribution in [3.63, 3.8) is 0 Å². The molecule has 1 fully saturated rings. The van der Waals surface area contributed by atoms with Crippen molar-refractivity contribution in [1.29, 1.82) is 0 Å². The van der Waals surface area contributed by atoms with Gasteiger partial charge < -0.3 is 10.4 Å². The Morgan fingerprint density at radius 2 is 2.10 bits per heavy atom. The molecule has 0 aromatic heterocycles. The maximum Gasteiger partial charge on any atom is 0.401 e. The van der Waals surface area contributed by atoms with Crippen LogP contribution in [0.3, 0.4) is 0 Å². The molecule has 2 unspecified atom stereocenters. The zero-order valence-electron chi connectivity index (χ0n) is 12.0. The summed E-state index contributed by atoms with van der Waals surface area (Å²) in [6.45, 7) is 1.99. The summed E-state index contributed by atoms with van der Waals surface area (Å²) >= 11 is 0. The molecule has 2 atom stereocenters. The number of benzene rings is 1. The molecule has 0 saturated carbocycles. The molecular formula is C15H21F3N2O. The molecule has 1 aromatic carbocycles. The molecule has 2 rings (SSSR count). The number of halogens is 3. The minimum absolute atomic E-state index is 0.0249. The van der Waals surface area contributed by atoms with Gasteiger partial charge in [-0.3, -0.25) is 4.90 Å². The highest BCUT2D eigenvalue weighted by Gasteiger charge is 2.34. The van der Waals surface area contributed by atoms with Crippen molar-refractivity contribution in [2.75, 3.05) is 19.6 Å². The Kier molecular flexibility index (Phi) is 5.11. The zero-order chi connectivity index (χ0) is 15.5. The van der Waals surface area contributed by atoms with Crippen molar-refractivity contribution >= 4 is 0 Å². The molecule has 1 aliphatic rings. The van der Waals surface area contributed by atoms with E-state index in [0.29, 0.717) is 19.5 Å². The smallest absolute Gasteiger partial charge is 0.401 e. The lowest BCUT2D eigenvalue weighted by molar-refractivity contribution is -0.143. The van der Waals surface area contributed by atoms with Crippen LogP contribution in [0.15, 0.2) is 24.3 Å². The minimum atomic E-state index is -4.14. The van der Waals surface area contributed by atoms with Gasteiger partial charge in [0.15, 0.2) is 0 Å². The molecule has 0 amide bonds. The van der Waals surface area contributed by atoms with E-state index in [1.54, 1.807) is 12.1 Å². The summed E-state index contributed by atoms with van der Waals surface area (Å²) in [5.74, 6) is 0.224. The van der Waals surface area contributed by atoms with E-state index in [0.717, 1.165) is 12.0 Å². The van der Waals surface area contributed by atoms with Crippen LogP contribution < -0.4 is 5.32 Å². The Morgan fingerprint density at radius 1 is 1.38 bits per heavy atom. The SMILES string of the molecule is CCC(NC1CCN(CC(F)(F)F)C1)c1ccccc1O. The van der Waals surface area contributed by atoms with Crippen molar-refractivity contribution in [2.24, 2.45) is 0 Å². The second kappa shape index (κ2) is 6.66. The van der Waals surface area contributed by atoms with E-state index in [4.69, 9.17) is 0 Å². The van der Waals surface area contributed by atoms with Crippen LogP contribution >= 0.6 is 0 Å². The number of alkyl halides is 3. The van der Waals surface area contributed by atoms with Crippen molar-refractivity contribution in [2.45, 2.75) is 38.0 Å². The number of likely N-dealkylation sites (tertiary alicyclic amines) is 1. The van der Waals surface area contributed by atoms with Crippen LogP contribution in [0.4, 0.5) is 13.2 Å². The highest BCUT2D eigenvalue weighted by atomic mass is 19.4. The molecule has 0 aliphatic carbocycles. The van der Waals surface area contributed by atoms with E-state index in [2.05, 4.69) is 5.32 Å². The van der Waals surface area contributed by atoms with Gasteiger partial charge in [-0.2, -0.15) is 13.2 Å². The number of rotatable bonds is 5. The molecule has 21 heavy (non-hydrogen) atoms. The van der Waals surface area contributed by atoms with Crippen LogP contribution in [0, 0.1) is 0 Å². The van der Waals surface area contributed by atoms with E-state index in [1.807, 2.05) is 19.1 Å². The van der Waals surface area contributed by atoms with Crippen molar-refractivity contribution in [3.05, 3.63) is 29.8 Å². The molecule has 6 heteroatoms. The number of phenols is 1. The van der Waals surface area contributed by atoms with Gasteiger partial charge in [-0.1, -0.05) is 25.1 Å². The zero-order valence-corrected chi connectivity index (χ0v) is 12.0. The van der Waals surface area contributed by atoms with E-state index >= 15 is 0 Å². The Balaban J connectivity index is 1.93. The third kappa shape index (κ3) is 4.61. The summed E-state index contributed by atoms with van der Waals surface area (Å²) in [4.78, 5) is 1.43. The van der Waals surface area contributed by atoms with E-state index in [-0.39, 0.29) is 17.8 Å². The van der Waals surface area contributed by atoms with Crippen LogP contribution in [0.1, 0.15) is 31.4 Å². The van der Waals surface area contributed by atoms with Crippen LogP contribution in [-0.2, 0) is 0 Å². The third-order valence-corrected chi connectivity index (χ3v) is 3.83. The summed E-state index contributed by atoms with van der Waals surface area (Å²) in [6.07, 6.45) is -2.68. The number of nitrogens with zero attached hydrogens (tertiary/aromatic N) is 1. The number of aromatic hydroxyl groups is 1. The van der Waals surface area contributed by atoms with Gasteiger partial charge in [0.05, 0.1) is 6.54 Å². The molecule has 1 saturated heterocycles. The highest BCUT2D eigenvalue weighted by Crippen LogP contribution is 2.28. The van der Waals surface area contributed by atoms with Gasteiger partial charge in [-0.05, 0) is 18.9 Å². The van der Waals surface area contributed by atoms with Crippen molar-refractivity contribution in [1.82, 2.24) is 10.2 Å². The van der Waals surface area contributed by atoms with Crippen molar-refractivity contribution < 1.29 is 18.3 Å². The molecule has 1 heterocycles. The fraction of sp³-hybridized carbons (Fsp3) is 0.600. The minimum Gasteiger partial charge on any atom is -0.508 e. The lowest BCUT2D eigenvalue weighted by Gasteiger charge is -2.23. The molecule has 3 nitrogen and oxygen atoms in total. The first-order valence-electron chi connectivity index (χ1n) is 7.22. The fourth-order valence-electron chi connectivity index (χ4n) is 2.86. The van der Waals surface area contributed by atoms with Gasteiger partial charge in [0.2, 0.25) is 0 Å². The van der Waals surface area contributed by atoms with Gasteiger partial charge in [0.25, 0.3) is 0 Å². The van der Waals surface area contributed by atoms with Gasteiger partial charge >= 0.3 is 6.18 Å². The molecular weight excluding hydrogens is 281 g/mol. The number of hydrogen-bond acceptors (Lipinski definition) is 3. The number of para-hydroxylation sites is 1. The van der Waals surface area contributed by atoms with Gasteiger partial charge in [-0.15, -0.1) is 0 Å². The summed E-state index contributed by atoms with van der Waals surface area (Å²) in [5, 5.41) is 13.3. The van der Waals surface area contributed by atoms with Crippen LogP contribution in [0.2, 0.25) is 0 Å². The first kappa shape index (κ1) is 16.1. The Hall–Kier alpha value is -1.27. The summed E-state index contributed by atoms with van der Waals surface area (Å²) in [5.41, 5.74) is 0.800. The lowest BCUT2D eigenvalue weighted by Crippen LogP contribution is -2.38. The maximum atomic E-state index is 12.4. The molecule has 0 spiro atoms. The lowest BCUT2D eigenvalue weighted by atomic mass is 10.0. The largest absolute Gasteiger partial charge is 0.508 e. The summed E-state index contributed by atoms with van der Waals surface area (Å²) in [7, 11) is 0. The summed E-state index contributed by atoms with van der Waals surface area (Å²) in [6, 6.07) is 7.07. The Bertz CT molecular complexity index is 464. The topological polar surface area (TPSA) is 35.5 Å². The second-order valence-electron chi connectivity index (χ2n) is 5.52. The maximum absolute atomic E-state index is 12.4. The molecule has 1 aliphatic heterocycles. The predicted molar refractivity (Wildman–Crippen MR) is 75.2 cm³/mol. The first-order valence-corrected chi connectivity index (χ1v) is 7.22. The molecule has 0 radical (unpaired) electrons. The van der Waals surface area contributed by atoms with Gasteiger partial charge in [-0.25, -0.2) is 0 Å². The average molecular weight is 302 g/mol. The van der Waals surface area contributed by atoms with Gasteiger partial charge in [0.1, 0.15) is 5.75 Å². The number of phenolic OH excluding ortho intramolecular Hbond substituents is 1. The van der Waals surface area contributed by atoms with Crippen LogP contribution in [0.5, 0.6) is 5.75 Å². The Labute approximate surface area is 122 Å². The van der Waals surface area contributed by atoms with Gasteiger partial charge in [0, 0.05) is 30.7 Å². The molecule has 118 valence electrons. The van der Waals surface area contributed by atoms with Crippen LogP contribution in [-0.4, -0.2) is 41.9 Å². The van der Waals surface area contributed by atoms with E-state index in [1.165, 1.54) is 4.90 Å². The highest BCUT2D eigenvalue weighted by molar-refractivity contribution is 5.34. The van der Waals surface area contributed by atoms with Crippen LogP contribution in [0.25, 0.3) is 0 Å². The van der Waals surface area contributed by atoms with E-state index < -0.39 is 12.7 Å². The Morgan fingerprint density at radius 3 is 2.71 bits per heavy atom. The molecule has 1 aromatic rings. The van der Waals surface area contributed by atoms with E-state index in [9.17, 15) is 18.3 Å². The number of nitrogens with one attached hydrogen (secondary N) is 1. The normalized spacial score (nSPS) is 21.6. The third-order valence-electron chi connectivity index (χ3n) is 3.83.